The van der Waals surface area contributed by atoms with Crippen LogP contribution < -0.4 is 24.0 Å². The third-order valence-electron chi connectivity index (χ3n) is 6.55. The monoisotopic (exact) mass is 593 g/mol. The van der Waals surface area contributed by atoms with E-state index < -0.39 is 11.6 Å². The summed E-state index contributed by atoms with van der Waals surface area (Å²) in [6.45, 7) is 6.59. The van der Waals surface area contributed by atoms with Crippen molar-refractivity contribution in [3.8, 4) is 0 Å². The number of rotatable bonds is 12. The van der Waals surface area contributed by atoms with Gasteiger partial charge >= 0.3 is 0 Å². The Labute approximate surface area is 226 Å². The number of benzene rings is 3. The minimum absolute atomic E-state index is 0. The molecule has 0 fully saturated rings. The molecular weight excluding hydrogens is 555 g/mol. The van der Waals surface area contributed by atoms with Crippen molar-refractivity contribution in [2.75, 3.05) is 33.8 Å². The molecule has 0 aliphatic carbocycles. The van der Waals surface area contributed by atoms with E-state index in [2.05, 4.69) is 76.5 Å². The van der Waals surface area contributed by atoms with Gasteiger partial charge in [-0.3, -0.25) is 0 Å². The summed E-state index contributed by atoms with van der Waals surface area (Å²) >= 11 is 0. The Morgan fingerprint density at radius 3 is 2.00 bits per heavy atom. The summed E-state index contributed by atoms with van der Waals surface area (Å²) in [6, 6.07) is 21.0. The van der Waals surface area contributed by atoms with Crippen LogP contribution in [0.2, 0.25) is 0 Å². The van der Waals surface area contributed by atoms with E-state index in [0.29, 0.717) is 19.4 Å². The van der Waals surface area contributed by atoms with Gasteiger partial charge < -0.3 is 33.2 Å². The van der Waals surface area contributed by atoms with Gasteiger partial charge in [-0.15, -0.1) is 0 Å². The number of quaternary nitrogens is 1. The van der Waals surface area contributed by atoms with Crippen LogP contribution in [0.1, 0.15) is 46.8 Å². The second-order valence-electron chi connectivity index (χ2n) is 9.90. The summed E-state index contributed by atoms with van der Waals surface area (Å²) in [6.07, 6.45) is 2.99. The van der Waals surface area contributed by atoms with Crippen molar-refractivity contribution in [1.29, 1.82) is 0 Å². The van der Waals surface area contributed by atoms with Crippen LogP contribution in [0.4, 0.5) is 8.78 Å². The van der Waals surface area contributed by atoms with E-state index in [9.17, 15) is 8.78 Å². The second-order valence-corrected chi connectivity index (χ2v) is 9.90. The molecule has 190 valence electrons. The Balaban J connectivity index is 0.00000432. The lowest BCUT2D eigenvalue weighted by molar-refractivity contribution is -0.894. The maximum atomic E-state index is 14.0. The van der Waals surface area contributed by atoms with Crippen LogP contribution in [0.3, 0.4) is 0 Å². The number of halogens is 3. The van der Waals surface area contributed by atoms with Crippen LogP contribution in [0.5, 0.6) is 0 Å². The van der Waals surface area contributed by atoms with Crippen LogP contribution >= 0.6 is 0 Å². The quantitative estimate of drug-likeness (QED) is 0.176. The van der Waals surface area contributed by atoms with Crippen molar-refractivity contribution in [3.63, 3.8) is 0 Å². The first-order valence-electron chi connectivity index (χ1n) is 12.2. The van der Waals surface area contributed by atoms with Crippen LogP contribution in [0.25, 0.3) is 0 Å². The Hall–Kier alpha value is -1.83. The normalized spacial score (nSPS) is 12.3. The summed E-state index contributed by atoms with van der Waals surface area (Å²) < 4.78 is 35.2. The highest BCUT2D eigenvalue weighted by Gasteiger charge is 2.26. The maximum absolute atomic E-state index is 14.0. The first-order valence-corrected chi connectivity index (χ1v) is 12.2. The molecule has 3 rings (SSSR count). The molecule has 5 heteroatoms. The number of aryl methyl sites for hydroxylation is 3. The minimum atomic E-state index is -0.484. The van der Waals surface area contributed by atoms with E-state index >= 15 is 0 Å². The van der Waals surface area contributed by atoms with Crippen LogP contribution in [-0.2, 0) is 17.6 Å². The van der Waals surface area contributed by atoms with Crippen molar-refractivity contribution in [2.45, 2.75) is 45.6 Å². The molecule has 0 spiro atoms. The SMILES string of the molecule is Cc1cccc(C)c1C(C[N+](C)(C)CCCc1ccccc1)OCCCc1c(F)cccc1F.[I-]. The van der Waals surface area contributed by atoms with E-state index in [-0.39, 0.29) is 35.6 Å². The van der Waals surface area contributed by atoms with Gasteiger partial charge in [-0.2, -0.15) is 0 Å². The Morgan fingerprint density at radius 1 is 0.771 bits per heavy atom. The fraction of sp³-hybridized carbons (Fsp3) is 0.400. The molecule has 0 aliphatic rings. The van der Waals surface area contributed by atoms with Crippen molar-refractivity contribution >= 4 is 0 Å². The molecule has 0 aromatic heterocycles. The molecule has 0 saturated carbocycles. The standard InChI is InChI=1S/C30H38F2NO.HI/c1-23-12-8-13-24(2)30(23)29(34-21-11-17-26-27(31)18-9-19-28(26)32)22-33(3,4)20-10-16-25-14-6-5-7-15-25;/h5-9,12-15,18-19,29H,10-11,16-17,20-22H2,1-4H3;1H/q+1;/p-1. The third kappa shape index (κ3) is 8.96. The lowest BCUT2D eigenvalue weighted by Gasteiger charge is -2.34. The van der Waals surface area contributed by atoms with E-state index in [1.165, 1.54) is 40.5 Å². The third-order valence-corrected chi connectivity index (χ3v) is 6.55. The van der Waals surface area contributed by atoms with Crippen LogP contribution in [0.15, 0.2) is 66.7 Å². The number of nitrogens with zero attached hydrogens (tertiary/aromatic N) is 1. The highest BCUT2D eigenvalue weighted by molar-refractivity contribution is 5.35. The molecule has 0 saturated heterocycles. The van der Waals surface area contributed by atoms with Gasteiger partial charge in [0.05, 0.1) is 20.6 Å². The summed E-state index contributed by atoms with van der Waals surface area (Å²) in [5.74, 6) is -0.968. The largest absolute Gasteiger partial charge is 1.00 e. The van der Waals surface area contributed by atoms with E-state index in [0.717, 1.165) is 30.4 Å². The van der Waals surface area contributed by atoms with Crippen molar-refractivity contribution in [2.24, 2.45) is 0 Å². The van der Waals surface area contributed by atoms with E-state index in [4.69, 9.17) is 4.74 Å². The van der Waals surface area contributed by atoms with Gasteiger partial charge in [-0.1, -0.05) is 54.6 Å². The molecule has 0 N–H and O–H groups in total. The first-order chi connectivity index (χ1) is 16.3. The Kier molecular flexibility index (Phi) is 11.8. The molecule has 0 aliphatic heterocycles. The summed E-state index contributed by atoms with van der Waals surface area (Å²) in [5, 5.41) is 0. The fourth-order valence-electron chi connectivity index (χ4n) is 4.70. The first kappa shape index (κ1) is 29.4. The predicted molar refractivity (Wildman–Crippen MR) is 136 cm³/mol. The van der Waals surface area contributed by atoms with Gasteiger partial charge in [0.1, 0.15) is 24.3 Å². The molecule has 3 aromatic rings. The zero-order valence-corrected chi connectivity index (χ0v) is 23.5. The molecule has 2 nitrogen and oxygen atoms in total. The highest BCUT2D eigenvalue weighted by atomic mass is 127. The van der Waals surface area contributed by atoms with Gasteiger partial charge in [0.15, 0.2) is 0 Å². The topological polar surface area (TPSA) is 9.23 Å². The van der Waals surface area contributed by atoms with Crippen molar-refractivity contribution < 1.29 is 42.0 Å². The average Bonchev–Trinajstić information content (AvgIpc) is 2.78. The molecule has 3 aromatic carbocycles. The molecule has 0 radical (unpaired) electrons. The molecule has 35 heavy (non-hydrogen) atoms. The number of ether oxygens (including phenoxy) is 1. The molecule has 1 unspecified atom stereocenters. The maximum Gasteiger partial charge on any atom is 0.132 e. The smallest absolute Gasteiger partial charge is 0.132 e. The van der Waals surface area contributed by atoms with Crippen LogP contribution in [0, 0.1) is 25.5 Å². The van der Waals surface area contributed by atoms with Gasteiger partial charge in [0.25, 0.3) is 0 Å². The molecule has 0 amide bonds. The summed E-state index contributed by atoms with van der Waals surface area (Å²) in [7, 11) is 4.51. The lowest BCUT2D eigenvalue weighted by atomic mass is 9.97. The Morgan fingerprint density at radius 2 is 1.37 bits per heavy atom. The zero-order valence-electron chi connectivity index (χ0n) is 21.4. The molecule has 1 atom stereocenters. The molecule has 0 bridgehead atoms. The van der Waals surface area contributed by atoms with Gasteiger partial charge in [0.2, 0.25) is 0 Å². The minimum Gasteiger partial charge on any atom is -1.00 e. The number of hydrogen-bond donors (Lipinski definition) is 0. The van der Waals surface area contributed by atoms with Gasteiger partial charge in [-0.25, -0.2) is 8.78 Å². The van der Waals surface area contributed by atoms with Gasteiger partial charge in [0, 0.05) is 18.6 Å². The second kappa shape index (κ2) is 14.0. The number of hydrogen-bond acceptors (Lipinski definition) is 1. The summed E-state index contributed by atoms with van der Waals surface area (Å²) in [4.78, 5) is 0. The highest BCUT2D eigenvalue weighted by Crippen LogP contribution is 2.28. The fourth-order valence-corrected chi connectivity index (χ4v) is 4.70. The molecule has 0 heterocycles. The Bertz CT molecular complexity index is 1010. The average molecular weight is 594 g/mol. The van der Waals surface area contributed by atoms with Crippen LogP contribution in [-0.4, -0.2) is 38.3 Å². The lowest BCUT2D eigenvalue weighted by Crippen LogP contribution is -3.00. The van der Waals surface area contributed by atoms with Crippen molar-refractivity contribution in [3.05, 3.63) is 106 Å². The summed E-state index contributed by atoms with van der Waals surface area (Å²) in [5.41, 5.74) is 5.18. The number of likely N-dealkylation sites (N-methyl/N-ethyl adjacent to an activating group) is 1. The van der Waals surface area contributed by atoms with E-state index in [1.807, 2.05) is 0 Å². The predicted octanol–water partition coefficient (Wildman–Crippen LogP) is 3.99. The van der Waals surface area contributed by atoms with E-state index in [1.54, 1.807) is 0 Å². The van der Waals surface area contributed by atoms with Crippen molar-refractivity contribution in [1.82, 2.24) is 0 Å². The zero-order chi connectivity index (χ0) is 24.6. The van der Waals surface area contributed by atoms with Gasteiger partial charge in [-0.05, 0) is 67.5 Å². The molecular formula is C30H38F2INO.